The second-order valence-corrected chi connectivity index (χ2v) is 6.78. The van der Waals surface area contributed by atoms with E-state index in [1.54, 1.807) is 0 Å². The van der Waals surface area contributed by atoms with E-state index in [-0.39, 0.29) is 6.04 Å². The van der Waals surface area contributed by atoms with Crippen LogP contribution in [-0.2, 0) is 10.0 Å². The van der Waals surface area contributed by atoms with Crippen LogP contribution in [0.5, 0.6) is 0 Å². The molecule has 1 aliphatic heterocycles. The van der Waals surface area contributed by atoms with Gasteiger partial charge >= 0.3 is 0 Å². The van der Waals surface area contributed by atoms with Crippen LogP contribution in [0.3, 0.4) is 0 Å². The number of halogens is 1. The number of hydrogen-bond acceptors (Lipinski definition) is 5. The molecule has 1 aromatic rings. The molecule has 0 aromatic heterocycles. The Bertz CT molecular complexity index is 644. The van der Waals surface area contributed by atoms with Crippen LogP contribution in [-0.4, -0.2) is 43.8 Å². The van der Waals surface area contributed by atoms with Gasteiger partial charge in [-0.25, -0.2) is 12.8 Å². The normalized spacial score (nSPS) is 17.1. The Morgan fingerprint density at radius 2 is 2.00 bits per heavy atom. The molecule has 1 heterocycles. The van der Waals surface area contributed by atoms with Crippen molar-refractivity contribution in [3.63, 3.8) is 0 Å². The molecule has 1 fully saturated rings. The van der Waals surface area contributed by atoms with Gasteiger partial charge in [-0.1, -0.05) is 6.07 Å². The van der Waals surface area contributed by atoms with Crippen LogP contribution in [0.4, 0.5) is 10.1 Å². The van der Waals surface area contributed by atoms with E-state index in [0.29, 0.717) is 25.9 Å². The number of piperidine rings is 1. The molecule has 0 amide bonds. The maximum Gasteiger partial charge on any atom is 0.292 e. The second kappa shape index (κ2) is 6.04. The molecule has 0 unspecified atom stereocenters. The molecule has 9 heteroatoms. The summed E-state index contributed by atoms with van der Waals surface area (Å²) < 4.78 is 40.0. The van der Waals surface area contributed by atoms with Crippen LogP contribution >= 0.6 is 0 Å². The van der Waals surface area contributed by atoms with Gasteiger partial charge in [-0.05, 0) is 32.0 Å². The summed E-state index contributed by atoms with van der Waals surface area (Å²) in [7, 11) is -2.92. The molecule has 1 N–H and O–H groups in total. The zero-order valence-corrected chi connectivity index (χ0v) is 12.3. The first kappa shape index (κ1) is 15.8. The summed E-state index contributed by atoms with van der Waals surface area (Å²) in [6.45, 7) is 1.31. The zero-order chi connectivity index (χ0) is 15.6. The highest BCUT2D eigenvalue weighted by molar-refractivity contribution is 7.89. The molecule has 0 atom stereocenters. The number of rotatable bonds is 4. The van der Waals surface area contributed by atoms with Gasteiger partial charge in [0.25, 0.3) is 15.7 Å². The van der Waals surface area contributed by atoms with E-state index in [9.17, 15) is 22.9 Å². The number of nitrogens with one attached hydrogen (secondary N) is 1. The Labute approximate surface area is 122 Å². The number of hydrogen-bond donors (Lipinski definition) is 1. The van der Waals surface area contributed by atoms with Gasteiger partial charge in [-0.15, -0.1) is 0 Å². The van der Waals surface area contributed by atoms with Crippen molar-refractivity contribution in [1.82, 2.24) is 9.62 Å². The SMILES string of the molecule is CN(C1CCNCC1)S(=O)(=O)c1c(F)cccc1[N+](=O)[O-]. The molecule has 1 aromatic carbocycles. The van der Waals surface area contributed by atoms with Gasteiger partial charge in [0.05, 0.1) is 4.92 Å². The first-order chi connectivity index (χ1) is 9.85. The van der Waals surface area contributed by atoms with Gasteiger partial charge in [0.2, 0.25) is 0 Å². The van der Waals surface area contributed by atoms with Gasteiger partial charge in [-0.3, -0.25) is 10.1 Å². The number of benzene rings is 1. The van der Waals surface area contributed by atoms with E-state index in [0.717, 1.165) is 22.5 Å². The third-order valence-corrected chi connectivity index (χ3v) is 5.58. The summed E-state index contributed by atoms with van der Waals surface area (Å²) in [6.07, 6.45) is 1.16. The number of nitro groups is 1. The van der Waals surface area contributed by atoms with Crippen molar-refractivity contribution in [3.05, 3.63) is 34.1 Å². The number of nitro benzene ring substituents is 1. The molecule has 2 rings (SSSR count). The molecule has 116 valence electrons. The van der Waals surface area contributed by atoms with Crippen LogP contribution in [0.2, 0.25) is 0 Å². The second-order valence-electron chi connectivity index (χ2n) is 4.85. The van der Waals surface area contributed by atoms with E-state index >= 15 is 0 Å². The van der Waals surface area contributed by atoms with E-state index in [1.807, 2.05) is 0 Å². The maximum atomic E-state index is 13.9. The summed E-state index contributed by atoms with van der Waals surface area (Å²) in [6, 6.07) is 2.73. The fourth-order valence-electron chi connectivity index (χ4n) is 2.41. The minimum absolute atomic E-state index is 0.296. The molecule has 1 saturated heterocycles. The largest absolute Gasteiger partial charge is 0.317 e. The Balaban J connectivity index is 2.46. The molecule has 0 bridgehead atoms. The molecule has 0 spiro atoms. The van der Waals surface area contributed by atoms with Crippen LogP contribution in [0.1, 0.15) is 12.8 Å². The highest BCUT2D eigenvalue weighted by Crippen LogP contribution is 2.30. The summed E-state index contributed by atoms with van der Waals surface area (Å²) in [4.78, 5) is 9.22. The lowest BCUT2D eigenvalue weighted by Crippen LogP contribution is -2.44. The van der Waals surface area contributed by atoms with Gasteiger partial charge < -0.3 is 5.32 Å². The van der Waals surface area contributed by atoms with Crippen molar-refractivity contribution in [3.8, 4) is 0 Å². The Morgan fingerprint density at radius 1 is 1.38 bits per heavy atom. The number of sulfonamides is 1. The molecule has 0 radical (unpaired) electrons. The fourth-order valence-corrected chi connectivity index (χ4v) is 4.02. The van der Waals surface area contributed by atoms with E-state index in [4.69, 9.17) is 0 Å². The Hall–Kier alpha value is -1.58. The van der Waals surface area contributed by atoms with Crippen LogP contribution in [0.25, 0.3) is 0 Å². The van der Waals surface area contributed by atoms with Crippen molar-refractivity contribution >= 4 is 15.7 Å². The summed E-state index contributed by atoms with van der Waals surface area (Å²) in [5, 5.41) is 14.1. The molecular formula is C12H16FN3O4S. The minimum atomic E-state index is -4.26. The Morgan fingerprint density at radius 3 is 2.57 bits per heavy atom. The Kier molecular flexibility index (Phi) is 4.55. The van der Waals surface area contributed by atoms with Crippen molar-refractivity contribution in [2.75, 3.05) is 20.1 Å². The van der Waals surface area contributed by atoms with Crippen molar-refractivity contribution < 1.29 is 17.7 Å². The summed E-state index contributed by atoms with van der Waals surface area (Å²) in [5.41, 5.74) is -0.740. The first-order valence-corrected chi connectivity index (χ1v) is 7.91. The van der Waals surface area contributed by atoms with E-state index < -0.39 is 31.3 Å². The average Bonchev–Trinajstić information content (AvgIpc) is 2.46. The topological polar surface area (TPSA) is 92.6 Å². The molecular weight excluding hydrogens is 301 g/mol. The summed E-state index contributed by atoms with van der Waals surface area (Å²) >= 11 is 0. The van der Waals surface area contributed by atoms with E-state index in [1.165, 1.54) is 7.05 Å². The minimum Gasteiger partial charge on any atom is -0.317 e. The van der Waals surface area contributed by atoms with Crippen LogP contribution in [0.15, 0.2) is 23.1 Å². The third-order valence-electron chi connectivity index (χ3n) is 3.60. The summed E-state index contributed by atoms with van der Waals surface area (Å²) in [5.74, 6) is -1.11. The predicted octanol–water partition coefficient (Wildman–Crippen LogP) is 1.11. The number of nitrogens with zero attached hydrogens (tertiary/aromatic N) is 2. The van der Waals surface area contributed by atoms with Crippen LogP contribution in [0, 0.1) is 15.9 Å². The van der Waals surface area contributed by atoms with Gasteiger partial charge in [0.15, 0.2) is 4.90 Å². The van der Waals surface area contributed by atoms with Gasteiger partial charge in [-0.2, -0.15) is 4.31 Å². The van der Waals surface area contributed by atoms with Gasteiger partial charge in [0.1, 0.15) is 5.82 Å². The monoisotopic (exact) mass is 317 g/mol. The molecule has 7 nitrogen and oxygen atoms in total. The molecule has 0 saturated carbocycles. The third kappa shape index (κ3) is 3.04. The molecule has 1 aliphatic rings. The highest BCUT2D eigenvalue weighted by atomic mass is 32.2. The zero-order valence-electron chi connectivity index (χ0n) is 11.5. The van der Waals surface area contributed by atoms with Gasteiger partial charge in [0, 0.05) is 19.2 Å². The van der Waals surface area contributed by atoms with Crippen molar-refractivity contribution in [1.29, 1.82) is 0 Å². The van der Waals surface area contributed by atoms with E-state index in [2.05, 4.69) is 5.32 Å². The molecule has 0 aliphatic carbocycles. The predicted molar refractivity (Wildman–Crippen MR) is 73.9 cm³/mol. The smallest absolute Gasteiger partial charge is 0.292 e. The van der Waals surface area contributed by atoms with Crippen molar-refractivity contribution in [2.45, 2.75) is 23.8 Å². The first-order valence-electron chi connectivity index (χ1n) is 6.47. The highest BCUT2D eigenvalue weighted by Gasteiger charge is 2.36. The average molecular weight is 317 g/mol. The fraction of sp³-hybridized carbons (Fsp3) is 0.500. The van der Waals surface area contributed by atoms with Crippen LogP contribution < -0.4 is 5.32 Å². The maximum absolute atomic E-state index is 13.9. The van der Waals surface area contributed by atoms with Crippen molar-refractivity contribution in [2.24, 2.45) is 0 Å². The quantitative estimate of drug-likeness (QED) is 0.663. The lowest BCUT2D eigenvalue weighted by Gasteiger charge is -2.30. The molecule has 21 heavy (non-hydrogen) atoms. The standard InChI is InChI=1S/C12H16FN3O4S/c1-15(9-5-7-14-8-6-9)21(19,20)12-10(13)3-2-4-11(12)16(17)18/h2-4,9,14H,5-8H2,1H3. The lowest BCUT2D eigenvalue weighted by molar-refractivity contribution is -0.388. The lowest BCUT2D eigenvalue weighted by atomic mass is 10.1.